The Morgan fingerprint density at radius 1 is 1.35 bits per heavy atom. The van der Waals surface area contributed by atoms with Gasteiger partial charge < -0.3 is 10.1 Å². The molecular weight excluding hydrogens is 281 g/mol. The predicted molar refractivity (Wildman–Crippen MR) is 73.0 cm³/mol. The third kappa shape index (κ3) is 2.19. The van der Waals surface area contributed by atoms with E-state index >= 15 is 0 Å². The Labute approximate surface area is 116 Å². The van der Waals surface area contributed by atoms with Crippen LogP contribution in [0.15, 0.2) is 40.0 Å². The number of rotatable bonds is 2. The molecule has 2 N–H and O–H groups in total. The third-order valence-corrected chi connectivity index (χ3v) is 3.28. The van der Waals surface area contributed by atoms with Crippen LogP contribution in [0.4, 0.5) is 4.39 Å². The van der Waals surface area contributed by atoms with E-state index in [2.05, 4.69) is 15.0 Å². The van der Waals surface area contributed by atoms with Crippen molar-refractivity contribution in [2.75, 3.05) is 0 Å². The first-order valence-corrected chi connectivity index (χ1v) is 6.57. The first kappa shape index (κ1) is 12.5. The van der Waals surface area contributed by atoms with Gasteiger partial charge in [-0.1, -0.05) is 12.1 Å². The molecule has 0 spiro atoms. The van der Waals surface area contributed by atoms with Crippen LogP contribution in [0.2, 0.25) is 0 Å². The molecule has 7 heteroatoms. The quantitative estimate of drug-likeness (QED) is 0.759. The first-order chi connectivity index (χ1) is 9.65. The number of halogens is 1. The predicted octanol–water partition coefficient (Wildman–Crippen LogP) is 2.41. The molecule has 2 heterocycles. The molecule has 1 aromatic carbocycles. The summed E-state index contributed by atoms with van der Waals surface area (Å²) in [6.07, 6.45) is 0. The maximum absolute atomic E-state index is 13.2. The second-order valence-corrected chi connectivity index (χ2v) is 4.72. The van der Waals surface area contributed by atoms with Gasteiger partial charge in [-0.15, -0.1) is 11.3 Å². The number of hydrogen-bond donors (Lipinski definition) is 2. The Balaban J connectivity index is 2.17. The van der Waals surface area contributed by atoms with E-state index in [1.54, 1.807) is 10.9 Å². The molecule has 0 saturated carbocycles. The van der Waals surface area contributed by atoms with Gasteiger partial charge in [0, 0.05) is 5.38 Å². The van der Waals surface area contributed by atoms with Gasteiger partial charge in [-0.2, -0.15) is 4.98 Å². The zero-order valence-electron chi connectivity index (χ0n) is 10.0. The van der Waals surface area contributed by atoms with Gasteiger partial charge in [0.15, 0.2) is 5.82 Å². The second-order valence-electron chi connectivity index (χ2n) is 4.00. The highest BCUT2D eigenvalue weighted by Gasteiger charge is 2.15. The van der Waals surface area contributed by atoms with Crippen molar-refractivity contribution in [1.29, 1.82) is 0 Å². The molecule has 0 atom stereocenters. The molecule has 0 unspecified atom stereocenters. The van der Waals surface area contributed by atoms with Crippen LogP contribution < -0.4 is 5.56 Å². The minimum Gasteiger partial charge on any atom is -0.493 e. The van der Waals surface area contributed by atoms with Gasteiger partial charge in [0.25, 0.3) is 5.56 Å². The average Bonchev–Trinajstić information content (AvgIpc) is 2.91. The van der Waals surface area contributed by atoms with Gasteiger partial charge >= 0.3 is 0 Å². The summed E-state index contributed by atoms with van der Waals surface area (Å²) < 4.78 is 13.2. The Morgan fingerprint density at radius 2 is 2.20 bits per heavy atom. The van der Waals surface area contributed by atoms with Crippen molar-refractivity contribution < 1.29 is 9.50 Å². The maximum Gasteiger partial charge on any atom is 0.262 e. The highest BCUT2D eigenvalue weighted by Crippen LogP contribution is 2.25. The smallest absolute Gasteiger partial charge is 0.262 e. The molecule has 3 rings (SSSR count). The molecule has 2 aromatic heterocycles. The minimum absolute atomic E-state index is 0.0662. The molecule has 20 heavy (non-hydrogen) atoms. The summed E-state index contributed by atoms with van der Waals surface area (Å²) in [7, 11) is 0. The number of aromatic hydroxyl groups is 1. The van der Waals surface area contributed by atoms with Gasteiger partial charge in [-0.25, -0.2) is 9.37 Å². The number of nitrogens with zero attached hydrogens (tertiary/aromatic N) is 2. The highest BCUT2D eigenvalue weighted by atomic mass is 32.1. The Morgan fingerprint density at radius 3 is 2.85 bits per heavy atom. The van der Waals surface area contributed by atoms with Crippen molar-refractivity contribution in [3.63, 3.8) is 0 Å². The summed E-state index contributed by atoms with van der Waals surface area (Å²) in [5, 5.41) is 11.6. The fraction of sp³-hybridized carbons (Fsp3) is 0. The lowest BCUT2D eigenvalue weighted by Gasteiger charge is -2.05. The highest BCUT2D eigenvalue weighted by molar-refractivity contribution is 7.07. The van der Waals surface area contributed by atoms with Gasteiger partial charge in [0.1, 0.15) is 17.1 Å². The molecule has 3 aromatic rings. The lowest BCUT2D eigenvalue weighted by atomic mass is 10.1. The Kier molecular flexibility index (Phi) is 3.03. The van der Waals surface area contributed by atoms with Crippen molar-refractivity contribution in [3.05, 3.63) is 51.3 Å². The van der Waals surface area contributed by atoms with Crippen LogP contribution in [-0.2, 0) is 0 Å². The van der Waals surface area contributed by atoms with Gasteiger partial charge in [-0.05, 0) is 17.7 Å². The maximum atomic E-state index is 13.2. The van der Waals surface area contributed by atoms with Crippen LogP contribution in [-0.4, -0.2) is 20.1 Å². The van der Waals surface area contributed by atoms with E-state index in [4.69, 9.17) is 0 Å². The van der Waals surface area contributed by atoms with E-state index in [0.717, 1.165) is 6.07 Å². The summed E-state index contributed by atoms with van der Waals surface area (Å²) in [6.45, 7) is 0. The van der Waals surface area contributed by atoms with Crippen LogP contribution in [0.25, 0.3) is 22.6 Å². The molecule has 0 aliphatic carbocycles. The molecule has 0 fully saturated rings. The summed E-state index contributed by atoms with van der Waals surface area (Å²) in [6, 6.07) is 5.40. The van der Waals surface area contributed by atoms with Crippen molar-refractivity contribution in [2.24, 2.45) is 0 Å². The normalized spacial score (nSPS) is 10.7. The topological polar surface area (TPSA) is 78.9 Å². The summed E-state index contributed by atoms with van der Waals surface area (Å²) in [5.74, 6) is -0.777. The molecule has 0 radical (unpaired) electrons. The Hall–Kier alpha value is -2.54. The van der Waals surface area contributed by atoms with Crippen LogP contribution in [0.1, 0.15) is 0 Å². The van der Waals surface area contributed by atoms with Crippen LogP contribution in [0, 0.1) is 5.82 Å². The zero-order valence-corrected chi connectivity index (χ0v) is 10.8. The zero-order chi connectivity index (χ0) is 14.1. The largest absolute Gasteiger partial charge is 0.493 e. The summed E-state index contributed by atoms with van der Waals surface area (Å²) >= 11 is 1.34. The molecule has 0 aliphatic heterocycles. The molecule has 0 aliphatic rings. The number of thiazole rings is 1. The SMILES string of the molecule is O=c1[nH]c(-c2cscn2)nc(O)c1-c1cccc(F)c1. The number of aromatic nitrogens is 3. The molecule has 100 valence electrons. The number of benzene rings is 1. The number of H-pyrrole nitrogens is 1. The molecule has 0 saturated heterocycles. The standard InChI is InChI=1S/C13H8FN3O2S/c14-8-3-1-2-7(4-8)10-12(18)16-11(17-13(10)19)9-5-20-6-15-9/h1-6H,(H2,16,17,18,19). The van der Waals surface area contributed by atoms with Gasteiger partial charge in [0.2, 0.25) is 5.88 Å². The fourth-order valence-electron chi connectivity index (χ4n) is 1.82. The first-order valence-electron chi connectivity index (χ1n) is 5.63. The van der Waals surface area contributed by atoms with Crippen LogP contribution in [0.5, 0.6) is 5.88 Å². The van der Waals surface area contributed by atoms with E-state index in [1.165, 1.54) is 29.5 Å². The van der Waals surface area contributed by atoms with E-state index in [1.807, 2.05) is 0 Å². The van der Waals surface area contributed by atoms with E-state index in [0.29, 0.717) is 5.69 Å². The molecule has 0 amide bonds. The Bertz CT molecular complexity index is 815. The lowest BCUT2D eigenvalue weighted by Crippen LogP contribution is -2.12. The van der Waals surface area contributed by atoms with Gasteiger partial charge in [-0.3, -0.25) is 4.79 Å². The molecule has 0 bridgehead atoms. The number of hydrogen-bond acceptors (Lipinski definition) is 5. The van der Waals surface area contributed by atoms with Crippen molar-refractivity contribution in [2.45, 2.75) is 0 Å². The van der Waals surface area contributed by atoms with Crippen molar-refractivity contribution in [1.82, 2.24) is 15.0 Å². The summed E-state index contributed by atoms with van der Waals surface area (Å²) in [4.78, 5) is 22.5. The number of aromatic amines is 1. The monoisotopic (exact) mass is 289 g/mol. The third-order valence-electron chi connectivity index (χ3n) is 2.69. The average molecular weight is 289 g/mol. The molecule has 5 nitrogen and oxygen atoms in total. The fourth-order valence-corrected chi connectivity index (χ4v) is 2.35. The van der Waals surface area contributed by atoms with E-state index in [9.17, 15) is 14.3 Å². The minimum atomic E-state index is -0.550. The lowest BCUT2D eigenvalue weighted by molar-refractivity contribution is 0.454. The van der Waals surface area contributed by atoms with E-state index in [-0.39, 0.29) is 17.0 Å². The van der Waals surface area contributed by atoms with E-state index < -0.39 is 17.3 Å². The summed E-state index contributed by atoms with van der Waals surface area (Å²) in [5.41, 5.74) is 1.70. The molecular formula is C13H8FN3O2S. The van der Waals surface area contributed by atoms with Crippen LogP contribution >= 0.6 is 11.3 Å². The van der Waals surface area contributed by atoms with Crippen molar-refractivity contribution in [3.8, 4) is 28.5 Å². The van der Waals surface area contributed by atoms with Crippen LogP contribution in [0.3, 0.4) is 0 Å². The van der Waals surface area contributed by atoms with Gasteiger partial charge in [0.05, 0.1) is 5.51 Å². The second kappa shape index (κ2) is 4.86. The van der Waals surface area contributed by atoms with Crippen molar-refractivity contribution >= 4 is 11.3 Å². The number of nitrogens with one attached hydrogen (secondary N) is 1.